The maximum Gasteiger partial charge on any atom is 0.349 e. The lowest BCUT2D eigenvalue weighted by atomic mass is 10.2. The van der Waals surface area contributed by atoms with Crippen molar-refractivity contribution in [2.45, 2.75) is 39.7 Å². The van der Waals surface area contributed by atoms with E-state index in [0.29, 0.717) is 24.1 Å². The highest BCUT2D eigenvalue weighted by Gasteiger charge is 2.05. The lowest BCUT2D eigenvalue weighted by molar-refractivity contribution is -0.108. The van der Waals surface area contributed by atoms with Crippen molar-refractivity contribution in [1.82, 2.24) is 14.9 Å². The molecule has 7 nitrogen and oxygen atoms in total. The van der Waals surface area contributed by atoms with Gasteiger partial charge in [-0.15, -0.1) is 0 Å². The van der Waals surface area contributed by atoms with E-state index < -0.39 is 6.03 Å². The van der Waals surface area contributed by atoms with Gasteiger partial charge in [0.15, 0.2) is 5.49 Å². The third kappa shape index (κ3) is 4.58. The van der Waals surface area contributed by atoms with E-state index in [0.717, 1.165) is 25.0 Å². The van der Waals surface area contributed by atoms with Gasteiger partial charge in [0.1, 0.15) is 0 Å². The maximum atomic E-state index is 11.4. The Morgan fingerprint density at radius 1 is 1.45 bits per heavy atom. The first-order chi connectivity index (χ1) is 9.60. The number of hydrogen-bond donors (Lipinski definition) is 2. The number of aliphatic hydroxyl groups is 1. The highest BCUT2D eigenvalue weighted by atomic mass is 16.3. The average molecular weight is 280 g/mol. The predicted molar refractivity (Wildman–Crippen MR) is 72.8 cm³/mol. The number of rotatable bonds is 6. The summed E-state index contributed by atoms with van der Waals surface area (Å²) in [5.74, 6) is 0. The topological polar surface area (TPSA) is 96.6 Å². The van der Waals surface area contributed by atoms with Gasteiger partial charge in [-0.1, -0.05) is 0 Å². The average Bonchev–Trinajstić information content (AvgIpc) is 2.42. The van der Waals surface area contributed by atoms with Crippen LogP contribution in [0.2, 0.25) is 0 Å². The van der Waals surface area contributed by atoms with Crippen LogP contribution in [0.1, 0.15) is 30.7 Å². The van der Waals surface area contributed by atoms with Crippen LogP contribution in [-0.4, -0.2) is 33.7 Å². The number of amides is 3. The predicted octanol–water partition coefficient (Wildman–Crippen LogP) is 0.429. The molecular weight excluding hydrogens is 260 g/mol. The maximum absolute atomic E-state index is 11.4. The van der Waals surface area contributed by atoms with Crippen molar-refractivity contribution in [1.29, 1.82) is 0 Å². The quantitative estimate of drug-likeness (QED) is 0.583. The minimum absolute atomic E-state index is 0.179. The number of aromatic nitrogens is 2. The van der Waals surface area contributed by atoms with Crippen molar-refractivity contribution in [3.05, 3.63) is 23.1 Å². The van der Waals surface area contributed by atoms with Gasteiger partial charge in [0.2, 0.25) is 6.41 Å². The van der Waals surface area contributed by atoms with Gasteiger partial charge in [-0.05, 0) is 33.1 Å². The van der Waals surface area contributed by atoms with E-state index in [1.807, 2.05) is 16.8 Å². The van der Waals surface area contributed by atoms with Crippen molar-refractivity contribution < 1.29 is 14.7 Å². The lowest BCUT2D eigenvalue weighted by Crippen LogP contribution is -2.30. The summed E-state index contributed by atoms with van der Waals surface area (Å²) in [6, 6.07) is -0.709. The Morgan fingerprint density at radius 2 is 2.20 bits per heavy atom. The zero-order valence-electron chi connectivity index (χ0n) is 11.8. The molecule has 1 heterocycles. The van der Waals surface area contributed by atoms with Gasteiger partial charge < -0.3 is 9.67 Å². The zero-order valence-corrected chi connectivity index (χ0v) is 11.8. The molecule has 7 heteroatoms. The van der Waals surface area contributed by atoms with Crippen molar-refractivity contribution >= 4 is 12.4 Å². The second kappa shape index (κ2) is 8.21. The summed E-state index contributed by atoms with van der Waals surface area (Å²) in [6.07, 6.45) is 4.54. The summed E-state index contributed by atoms with van der Waals surface area (Å²) < 4.78 is 1.89. The second-order valence-corrected chi connectivity index (χ2v) is 4.42. The van der Waals surface area contributed by atoms with Gasteiger partial charge in [0, 0.05) is 25.0 Å². The van der Waals surface area contributed by atoms with E-state index in [1.54, 1.807) is 13.1 Å². The first kappa shape index (κ1) is 16.0. The molecule has 1 aromatic rings. The van der Waals surface area contributed by atoms with Gasteiger partial charge in [-0.3, -0.25) is 15.1 Å². The molecule has 0 aliphatic rings. The molecule has 0 aromatic carbocycles. The molecule has 0 aliphatic heterocycles. The molecule has 0 fully saturated rings. The highest BCUT2D eigenvalue weighted by molar-refractivity contribution is 5.84. The molecule has 0 saturated heterocycles. The van der Waals surface area contributed by atoms with Crippen LogP contribution in [0.5, 0.6) is 0 Å². The summed E-state index contributed by atoms with van der Waals surface area (Å²) in [7, 11) is 0. The van der Waals surface area contributed by atoms with E-state index in [2.05, 4.69) is 9.98 Å². The van der Waals surface area contributed by atoms with E-state index >= 15 is 0 Å². The summed E-state index contributed by atoms with van der Waals surface area (Å²) in [5, 5.41) is 10.8. The van der Waals surface area contributed by atoms with Gasteiger partial charge in [-0.2, -0.15) is 4.99 Å². The molecule has 0 radical (unpaired) electrons. The molecule has 0 spiro atoms. The van der Waals surface area contributed by atoms with E-state index in [1.165, 1.54) is 0 Å². The van der Waals surface area contributed by atoms with Gasteiger partial charge in [0.25, 0.3) is 0 Å². The highest BCUT2D eigenvalue weighted by Crippen LogP contribution is 2.01. The molecule has 110 valence electrons. The van der Waals surface area contributed by atoms with Crippen LogP contribution >= 0.6 is 0 Å². The van der Waals surface area contributed by atoms with E-state index in [-0.39, 0.29) is 6.61 Å². The van der Waals surface area contributed by atoms with Gasteiger partial charge in [0.05, 0.1) is 5.69 Å². The largest absolute Gasteiger partial charge is 0.396 e. The molecular formula is C13H20N4O3. The number of hydrogen-bond acceptors (Lipinski definition) is 4. The van der Waals surface area contributed by atoms with Crippen LogP contribution in [-0.2, 0) is 11.3 Å². The summed E-state index contributed by atoms with van der Waals surface area (Å²) >= 11 is 0. The Labute approximate surface area is 117 Å². The van der Waals surface area contributed by atoms with E-state index in [9.17, 15) is 9.59 Å². The number of urea groups is 1. The Balaban J connectivity index is 3.04. The Bertz CT molecular complexity index is 537. The molecule has 0 bridgehead atoms. The number of carbonyl (C=O) groups excluding carboxylic acids is 2. The Kier molecular flexibility index (Phi) is 6.58. The molecule has 2 N–H and O–H groups in total. The molecule has 1 rings (SSSR count). The van der Waals surface area contributed by atoms with Crippen molar-refractivity contribution in [2.24, 2.45) is 4.99 Å². The third-order valence-corrected chi connectivity index (χ3v) is 2.88. The molecule has 0 saturated carbocycles. The molecule has 20 heavy (non-hydrogen) atoms. The number of aryl methyl sites for hydroxylation is 2. The van der Waals surface area contributed by atoms with Gasteiger partial charge in [-0.25, -0.2) is 4.79 Å². The van der Waals surface area contributed by atoms with Crippen molar-refractivity contribution in [3.8, 4) is 0 Å². The number of imide groups is 1. The summed E-state index contributed by atoms with van der Waals surface area (Å²) in [6.45, 7) is 4.51. The fraction of sp³-hybridized carbons (Fsp3) is 0.538. The normalized spacial score (nSPS) is 11.4. The molecule has 0 unspecified atom stereocenters. The molecule has 0 atom stereocenters. The van der Waals surface area contributed by atoms with E-state index in [4.69, 9.17) is 5.11 Å². The minimum Gasteiger partial charge on any atom is -0.396 e. The number of nitrogens with zero attached hydrogens (tertiary/aromatic N) is 3. The summed E-state index contributed by atoms with van der Waals surface area (Å²) in [4.78, 5) is 29.7. The number of carbonyl (C=O) groups is 2. The number of nitrogens with one attached hydrogen (secondary N) is 1. The first-order valence-corrected chi connectivity index (χ1v) is 6.53. The summed E-state index contributed by atoms with van der Waals surface area (Å²) in [5.41, 5.74) is 1.96. The first-order valence-electron chi connectivity index (χ1n) is 6.53. The SMILES string of the molecule is Cc1ncc(C)n(CCCCCO)/c1=N/C(=O)NC=O. The van der Waals surface area contributed by atoms with Gasteiger partial charge >= 0.3 is 6.03 Å². The Hall–Kier alpha value is -2.02. The third-order valence-electron chi connectivity index (χ3n) is 2.88. The number of aliphatic hydroxyl groups excluding tert-OH is 1. The smallest absolute Gasteiger partial charge is 0.349 e. The van der Waals surface area contributed by atoms with Crippen molar-refractivity contribution in [3.63, 3.8) is 0 Å². The lowest BCUT2D eigenvalue weighted by Gasteiger charge is -2.12. The van der Waals surface area contributed by atoms with Crippen LogP contribution in [0.15, 0.2) is 11.2 Å². The number of unbranched alkanes of at least 4 members (excludes halogenated alkanes) is 2. The van der Waals surface area contributed by atoms with Crippen LogP contribution in [0, 0.1) is 13.8 Å². The fourth-order valence-corrected chi connectivity index (χ4v) is 1.84. The van der Waals surface area contributed by atoms with Crippen LogP contribution < -0.4 is 10.8 Å². The van der Waals surface area contributed by atoms with Crippen LogP contribution in [0.25, 0.3) is 0 Å². The van der Waals surface area contributed by atoms with Crippen molar-refractivity contribution in [2.75, 3.05) is 6.61 Å². The van der Waals surface area contributed by atoms with Crippen LogP contribution in [0.4, 0.5) is 4.79 Å². The zero-order chi connectivity index (χ0) is 15.0. The van der Waals surface area contributed by atoms with Crippen LogP contribution in [0.3, 0.4) is 0 Å². The standard InChI is InChI=1S/C13H20N4O3/c1-10-8-14-11(2)12(16-13(20)15-9-19)17(10)6-4-3-5-7-18/h8-9,18H,3-7H2,1-2H3,(H,15,19,20)/b16-12+. The minimum atomic E-state index is -0.709. The molecule has 1 aromatic heterocycles. The second-order valence-electron chi connectivity index (χ2n) is 4.42. The fourth-order valence-electron chi connectivity index (χ4n) is 1.84. The molecule has 3 amide bonds. The molecule has 0 aliphatic carbocycles. The Morgan fingerprint density at radius 3 is 2.85 bits per heavy atom. The monoisotopic (exact) mass is 280 g/mol.